The summed E-state index contributed by atoms with van der Waals surface area (Å²) in [6, 6.07) is 0. The Morgan fingerprint density at radius 1 is 1.58 bits per heavy atom. The predicted octanol–water partition coefficient (Wildman–Crippen LogP) is 0.223. The van der Waals surface area contributed by atoms with E-state index in [1.165, 1.54) is 0 Å². The molecule has 100 valence electrons. The van der Waals surface area contributed by atoms with E-state index in [4.69, 9.17) is 0 Å². The van der Waals surface area contributed by atoms with E-state index in [0.29, 0.717) is 18.3 Å². The fourth-order valence-electron chi connectivity index (χ4n) is 1.83. The Labute approximate surface area is 109 Å². The molecule has 2 aromatic rings. The molecule has 0 unspecified atom stereocenters. The quantitative estimate of drug-likeness (QED) is 0.802. The van der Waals surface area contributed by atoms with Crippen LogP contribution in [0, 0.1) is 0 Å². The number of aromatic nitrogens is 6. The average molecular weight is 261 g/mol. The number of hydrogen-bond acceptors (Lipinski definition) is 5. The number of aromatic amines is 1. The van der Waals surface area contributed by atoms with Crippen LogP contribution in [-0.4, -0.2) is 35.9 Å². The molecule has 1 aliphatic rings. The van der Waals surface area contributed by atoms with E-state index >= 15 is 0 Å². The first-order chi connectivity index (χ1) is 9.28. The van der Waals surface area contributed by atoms with Gasteiger partial charge in [-0.05, 0) is 19.8 Å². The molecule has 0 bridgehead atoms. The number of H-pyrrole nitrogens is 1. The van der Waals surface area contributed by atoms with Crippen LogP contribution in [-0.2, 0) is 13.1 Å². The van der Waals surface area contributed by atoms with Crippen molar-refractivity contribution in [1.29, 1.82) is 0 Å². The Hall–Kier alpha value is -2.25. The Morgan fingerprint density at radius 2 is 2.42 bits per heavy atom. The van der Waals surface area contributed by atoms with Crippen molar-refractivity contribution >= 4 is 5.91 Å². The van der Waals surface area contributed by atoms with Crippen LogP contribution in [0.15, 0.2) is 6.33 Å². The molecule has 19 heavy (non-hydrogen) atoms. The number of amides is 1. The maximum atomic E-state index is 11.9. The largest absolute Gasteiger partial charge is 0.342 e. The number of aryl methyl sites for hydroxylation is 1. The van der Waals surface area contributed by atoms with Crippen molar-refractivity contribution in [3.63, 3.8) is 0 Å². The zero-order valence-electron chi connectivity index (χ0n) is 10.6. The molecule has 2 N–H and O–H groups in total. The van der Waals surface area contributed by atoms with Gasteiger partial charge in [-0.15, -0.1) is 15.3 Å². The van der Waals surface area contributed by atoms with Gasteiger partial charge >= 0.3 is 0 Å². The second-order valence-electron chi connectivity index (χ2n) is 4.53. The lowest BCUT2D eigenvalue weighted by Crippen LogP contribution is -2.25. The summed E-state index contributed by atoms with van der Waals surface area (Å²) >= 11 is 0. The number of hydrogen-bond donors (Lipinski definition) is 2. The summed E-state index contributed by atoms with van der Waals surface area (Å²) in [5.74, 6) is 1.87. The van der Waals surface area contributed by atoms with Crippen LogP contribution in [0.5, 0.6) is 0 Å². The SMILES string of the molecule is CCn1cnnc1CNC(=O)c1n[nH]c(C2CC2)n1. The van der Waals surface area contributed by atoms with E-state index in [1.807, 2.05) is 11.5 Å². The second-order valence-corrected chi connectivity index (χ2v) is 4.53. The van der Waals surface area contributed by atoms with Gasteiger partial charge < -0.3 is 9.88 Å². The van der Waals surface area contributed by atoms with Gasteiger partial charge in [0.25, 0.3) is 5.91 Å². The molecular formula is C11H15N7O. The summed E-state index contributed by atoms with van der Waals surface area (Å²) in [4.78, 5) is 16.1. The summed E-state index contributed by atoms with van der Waals surface area (Å²) < 4.78 is 1.87. The van der Waals surface area contributed by atoms with Crippen LogP contribution in [0.25, 0.3) is 0 Å². The fourth-order valence-corrected chi connectivity index (χ4v) is 1.83. The fraction of sp³-hybridized carbons (Fsp3) is 0.545. The van der Waals surface area contributed by atoms with E-state index in [2.05, 4.69) is 30.7 Å². The van der Waals surface area contributed by atoms with Gasteiger partial charge in [0.05, 0.1) is 6.54 Å². The van der Waals surface area contributed by atoms with Crippen LogP contribution in [0.2, 0.25) is 0 Å². The summed E-state index contributed by atoms with van der Waals surface area (Å²) in [7, 11) is 0. The zero-order valence-corrected chi connectivity index (χ0v) is 10.6. The first kappa shape index (κ1) is 11.8. The number of carbonyl (C=O) groups excluding carboxylic acids is 1. The van der Waals surface area contributed by atoms with Gasteiger partial charge in [0, 0.05) is 12.5 Å². The van der Waals surface area contributed by atoms with Crippen LogP contribution >= 0.6 is 0 Å². The Kier molecular flexibility index (Phi) is 2.98. The monoisotopic (exact) mass is 261 g/mol. The molecule has 0 aliphatic heterocycles. The molecule has 1 fully saturated rings. The van der Waals surface area contributed by atoms with Crippen molar-refractivity contribution in [2.45, 2.75) is 38.8 Å². The third kappa shape index (κ3) is 2.47. The normalized spacial score (nSPS) is 14.6. The van der Waals surface area contributed by atoms with Gasteiger partial charge in [0.1, 0.15) is 12.2 Å². The third-order valence-electron chi connectivity index (χ3n) is 3.11. The summed E-state index contributed by atoms with van der Waals surface area (Å²) in [6.45, 7) is 3.08. The summed E-state index contributed by atoms with van der Waals surface area (Å²) in [5, 5.41) is 17.2. The van der Waals surface area contributed by atoms with Gasteiger partial charge in [-0.1, -0.05) is 0 Å². The van der Waals surface area contributed by atoms with Crippen LogP contribution in [0.1, 0.15) is 48.0 Å². The highest BCUT2D eigenvalue weighted by Gasteiger charge is 2.28. The number of rotatable bonds is 5. The van der Waals surface area contributed by atoms with E-state index in [1.54, 1.807) is 6.33 Å². The highest BCUT2D eigenvalue weighted by atomic mass is 16.2. The highest BCUT2D eigenvalue weighted by Crippen LogP contribution is 2.37. The van der Waals surface area contributed by atoms with E-state index in [0.717, 1.165) is 25.2 Å². The molecule has 2 heterocycles. The van der Waals surface area contributed by atoms with E-state index < -0.39 is 0 Å². The average Bonchev–Trinajstić information content (AvgIpc) is 3.00. The molecule has 0 saturated heterocycles. The zero-order chi connectivity index (χ0) is 13.2. The lowest BCUT2D eigenvalue weighted by Gasteiger charge is -2.03. The second kappa shape index (κ2) is 4.79. The molecule has 0 aromatic carbocycles. The maximum Gasteiger partial charge on any atom is 0.291 e. The smallest absolute Gasteiger partial charge is 0.291 e. The first-order valence-electron chi connectivity index (χ1n) is 6.35. The number of nitrogens with one attached hydrogen (secondary N) is 2. The minimum absolute atomic E-state index is 0.185. The lowest BCUT2D eigenvalue weighted by molar-refractivity contribution is 0.0939. The molecular weight excluding hydrogens is 246 g/mol. The van der Waals surface area contributed by atoms with Gasteiger partial charge in [-0.3, -0.25) is 9.89 Å². The van der Waals surface area contributed by atoms with Crippen molar-refractivity contribution in [3.05, 3.63) is 23.8 Å². The minimum Gasteiger partial charge on any atom is -0.342 e. The number of carbonyl (C=O) groups is 1. The van der Waals surface area contributed by atoms with Crippen LogP contribution in [0.3, 0.4) is 0 Å². The van der Waals surface area contributed by atoms with E-state index in [9.17, 15) is 4.79 Å². The predicted molar refractivity (Wildman–Crippen MR) is 65.2 cm³/mol. The Balaban J connectivity index is 1.61. The van der Waals surface area contributed by atoms with Crippen LogP contribution < -0.4 is 5.32 Å². The molecule has 8 heteroatoms. The summed E-state index contributed by atoms with van der Waals surface area (Å²) in [6.07, 6.45) is 3.88. The van der Waals surface area contributed by atoms with Crippen molar-refractivity contribution in [1.82, 2.24) is 35.3 Å². The summed E-state index contributed by atoms with van der Waals surface area (Å²) in [5.41, 5.74) is 0. The van der Waals surface area contributed by atoms with Gasteiger partial charge in [0.2, 0.25) is 5.82 Å². The molecule has 1 saturated carbocycles. The maximum absolute atomic E-state index is 11.9. The number of nitrogens with zero attached hydrogens (tertiary/aromatic N) is 5. The van der Waals surface area contributed by atoms with Crippen molar-refractivity contribution in [2.24, 2.45) is 0 Å². The van der Waals surface area contributed by atoms with Crippen molar-refractivity contribution in [3.8, 4) is 0 Å². The topological polar surface area (TPSA) is 101 Å². The minimum atomic E-state index is -0.297. The Bertz CT molecular complexity index is 583. The molecule has 0 atom stereocenters. The molecule has 1 aliphatic carbocycles. The van der Waals surface area contributed by atoms with Crippen molar-refractivity contribution < 1.29 is 4.79 Å². The molecule has 1 amide bonds. The van der Waals surface area contributed by atoms with E-state index in [-0.39, 0.29) is 11.7 Å². The molecule has 0 spiro atoms. The standard InChI is InChI=1S/C11H15N7O/c1-2-18-6-13-15-8(18)5-12-11(19)10-14-9(16-17-10)7-3-4-7/h6-7H,2-5H2,1H3,(H,12,19)(H,14,16,17). The molecule has 0 radical (unpaired) electrons. The molecule has 3 rings (SSSR count). The lowest BCUT2D eigenvalue weighted by atomic mass is 10.4. The van der Waals surface area contributed by atoms with Crippen molar-refractivity contribution in [2.75, 3.05) is 0 Å². The molecule has 8 nitrogen and oxygen atoms in total. The van der Waals surface area contributed by atoms with Gasteiger partial charge in [-0.2, -0.15) is 0 Å². The molecule has 2 aromatic heterocycles. The first-order valence-corrected chi connectivity index (χ1v) is 6.35. The third-order valence-corrected chi connectivity index (χ3v) is 3.11. The Morgan fingerprint density at radius 3 is 3.16 bits per heavy atom. The van der Waals surface area contributed by atoms with Gasteiger partial charge in [0.15, 0.2) is 5.82 Å². The van der Waals surface area contributed by atoms with Gasteiger partial charge in [-0.25, -0.2) is 4.98 Å². The van der Waals surface area contributed by atoms with Crippen LogP contribution in [0.4, 0.5) is 0 Å². The highest BCUT2D eigenvalue weighted by molar-refractivity contribution is 5.90.